The predicted octanol–water partition coefficient (Wildman–Crippen LogP) is 2.24. The molecule has 0 saturated carbocycles. The Labute approximate surface area is 112 Å². The van der Waals surface area contributed by atoms with Gasteiger partial charge in [-0.1, -0.05) is 0 Å². The fourth-order valence-corrected chi connectivity index (χ4v) is 2.93. The van der Waals surface area contributed by atoms with Crippen molar-refractivity contribution >= 4 is 6.09 Å². The van der Waals surface area contributed by atoms with Crippen LogP contribution in [0.5, 0.6) is 0 Å². The summed E-state index contributed by atoms with van der Waals surface area (Å²) < 4.78 is 33.4. The Morgan fingerprint density at radius 3 is 2.53 bits per heavy atom. The van der Waals surface area contributed by atoms with E-state index in [4.69, 9.17) is 4.74 Å². The molecule has 4 nitrogen and oxygen atoms in total. The number of ether oxygens (including phenoxy) is 1. The van der Waals surface area contributed by atoms with Gasteiger partial charge in [-0.05, 0) is 40.7 Å². The second-order valence-corrected chi connectivity index (χ2v) is 6.57. The molecule has 1 amide bonds. The Hall–Kier alpha value is -0.910. The third kappa shape index (κ3) is 2.30. The standard InChI is InChI=1S/C13H22F2N2O2/c1-9-12(5-6-16-7-13(12,14)15)8-17(9)10(18)19-11(2,3)4/h9,16H,5-8H2,1-4H3/t9-,12+/m0/s1. The number of piperidine rings is 1. The number of nitrogens with zero attached hydrogens (tertiary/aromatic N) is 1. The molecule has 19 heavy (non-hydrogen) atoms. The molecule has 6 heteroatoms. The molecule has 0 radical (unpaired) electrons. The van der Waals surface area contributed by atoms with E-state index in [1.165, 1.54) is 4.90 Å². The Morgan fingerprint density at radius 2 is 2.05 bits per heavy atom. The summed E-state index contributed by atoms with van der Waals surface area (Å²) in [5.74, 6) is -2.77. The molecule has 2 atom stereocenters. The molecule has 0 aromatic rings. The van der Waals surface area contributed by atoms with Gasteiger partial charge < -0.3 is 15.0 Å². The van der Waals surface area contributed by atoms with Crippen molar-refractivity contribution < 1.29 is 18.3 Å². The molecule has 110 valence electrons. The quantitative estimate of drug-likeness (QED) is 0.738. The van der Waals surface area contributed by atoms with Gasteiger partial charge >= 0.3 is 6.09 Å². The maximum Gasteiger partial charge on any atom is 0.410 e. The molecule has 2 fully saturated rings. The third-order valence-corrected chi connectivity index (χ3v) is 4.17. The Kier molecular flexibility index (Phi) is 3.28. The Balaban J connectivity index is 2.06. The number of nitrogens with one attached hydrogen (secondary N) is 1. The fraction of sp³-hybridized carbons (Fsp3) is 0.923. The van der Waals surface area contributed by atoms with Crippen LogP contribution < -0.4 is 5.32 Å². The van der Waals surface area contributed by atoms with Gasteiger partial charge in [-0.15, -0.1) is 0 Å². The van der Waals surface area contributed by atoms with Gasteiger partial charge in [0.1, 0.15) is 5.60 Å². The van der Waals surface area contributed by atoms with Crippen molar-refractivity contribution in [3.05, 3.63) is 0 Å². The molecule has 2 saturated heterocycles. The summed E-state index contributed by atoms with van der Waals surface area (Å²) in [6.45, 7) is 7.34. The molecule has 0 unspecified atom stereocenters. The molecule has 2 aliphatic heterocycles. The lowest BCUT2D eigenvalue weighted by Crippen LogP contribution is -2.75. The lowest BCUT2D eigenvalue weighted by molar-refractivity contribution is -0.225. The molecule has 2 aliphatic rings. The third-order valence-electron chi connectivity index (χ3n) is 4.17. The van der Waals surface area contributed by atoms with Crippen LogP contribution in [0.4, 0.5) is 13.6 Å². The van der Waals surface area contributed by atoms with Crippen molar-refractivity contribution in [1.29, 1.82) is 0 Å². The number of halogens is 2. The van der Waals surface area contributed by atoms with Crippen LogP contribution in [0.25, 0.3) is 0 Å². The van der Waals surface area contributed by atoms with Crippen molar-refractivity contribution in [2.75, 3.05) is 19.6 Å². The van der Waals surface area contributed by atoms with E-state index in [2.05, 4.69) is 5.32 Å². The van der Waals surface area contributed by atoms with Gasteiger partial charge in [0.15, 0.2) is 0 Å². The summed E-state index contributed by atoms with van der Waals surface area (Å²) in [6.07, 6.45) is -0.111. The minimum absolute atomic E-state index is 0.0811. The molecule has 0 aliphatic carbocycles. The van der Waals surface area contributed by atoms with Crippen molar-refractivity contribution in [2.24, 2.45) is 5.41 Å². The van der Waals surface area contributed by atoms with E-state index >= 15 is 0 Å². The molecule has 2 heterocycles. The number of hydrogen-bond acceptors (Lipinski definition) is 3. The topological polar surface area (TPSA) is 41.6 Å². The predicted molar refractivity (Wildman–Crippen MR) is 67.3 cm³/mol. The fourth-order valence-electron chi connectivity index (χ4n) is 2.93. The molecular weight excluding hydrogens is 254 g/mol. The molecule has 0 aromatic carbocycles. The van der Waals surface area contributed by atoms with Gasteiger partial charge in [0, 0.05) is 12.6 Å². The van der Waals surface area contributed by atoms with Crippen LogP contribution in [0.3, 0.4) is 0 Å². The van der Waals surface area contributed by atoms with E-state index in [-0.39, 0.29) is 13.1 Å². The van der Waals surface area contributed by atoms with Crippen molar-refractivity contribution in [2.45, 2.75) is 51.7 Å². The summed E-state index contributed by atoms with van der Waals surface area (Å²) in [7, 11) is 0. The normalized spacial score (nSPS) is 34.0. The van der Waals surface area contributed by atoms with Crippen molar-refractivity contribution in [1.82, 2.24) is 10.2 Å². The number of hydrogen-bond donors (Lipinski definition) is 1. The first-order chi connectivity index (χ1) is 8.59. The molecule has 1 spiro atoms. The van der Waals surface area contributed by atoms with E-state index in [9.17, 15) is 13.6 Å². The van der Waals surface area contributed by atoms with Crippen LogP contribution in [-0.4, -0.2) is 48.2 Å². The lowest BCUT2D eigenvalue weighted by Gasteiger charge is -2.60. The molecule has 0 bridgehead atoms. The summed E-state index contributed by atoms with van der Waals surface area (Å²) >= 11 is 0. The zero-order chi connectivity index (χ0) is 14.5. The largest absolute Gasteiger partial charge is 0.444 e. The number of likely N-dealkylation sites (tertiary alicyclic amines) is 1. The number of alkyl halides is 2. The maximum absolute atomic E-state index is 14.1. The van der Waals surface area contributed by atoms with Crippen LogP contribution in [0.1, 0.15) is 34.1 Å². The first-order valence-electron chi connectivity index (χ1n) is 6.67. The highest BCUT2D eigenvalue weighted by molar-refractivity contribution is 5.70. The summed E-state index contributed by atoms with van der Waals surface area (Å²) in [6, 6.07) is -0.487. The van der Waals surface area contributed by atoms with E-state index in [0.29, 0.717) is 13.0 Å². The number of carbonyl (C=O) groups is 1. The smallest absolute Gasteiger partial charge is 0.410 e. The van der Waals surface area contributed by atoms with Crippen LogP contribution >= 0.6 is 0 Å². The van der Waals surface area contributed by atoms with Crippen LogP contribution in [0.2, 0.25) is 0 Å². The average Bonchev–Trinajstić information content (AvgIpc) is 2.23. The SMILES string of the molecule is C[C@@H]1N(C(=O)OC(C)(C)C)C[C@]12CCNCC2(F)F. The van der Waals surface area contributed by atoms with Crippen LogP contribution in [0.15, 0.2) is 0 Å². The lowest BCUT2D eigenvalue weighted by atomic mass is 9.64. The zero-order valence-corrected chi connectivity index (χ0v) is 11.9. The summed E-state index contributed by atoms with van der Waals surface area (Å²) in [5, 5.41) is 2.72. The number of carbonyl (C=O) groups excluding carboxylic acids is 1. The second kappa shape index (κ2) is 4.30. The zero-order valence-electron chi connectivity index (χ0n) is 11.9. The van der Waals surface area contributed by atoms with Gasteiger partial charge in [0.2, 0.25) is 0 Å². The van der Waals surface area contributed by atoms with E-state index in [1.807, 2.05) is 0 Å². The van der Waals surface area contributed by atoms with Crippen LogP contribution in [-0.2, 0) is 4.74 Å². The monoisotopic (exact) mass is 276 g/mol. The van der Waals surface area contributed by atoms with E-state index in [1.54, 1.807) is 27.7 Å². The van der Waals surface area contributed by atoms with E-state index in [0.717, 1.165) is 0 Å². The highest BCUT2D eigenvalue weighted by atomic mass is 19.3. The maximum atomic E-state index is 14.1. The molecule has 0 aromatic heterocycles. The van der Waals surface area contributed by atoms with Gasteiger partial charge in [-0.2, -0.15) is 0 Å². The summed E-state index contributed by atoms with van der Waals surface area (Å²) in [5.41, 5.74) is -1.69. The first kappa shape index (κ1) is 14.5. The number of amides is 1. The van der Waals surface area contributed by atoms with E-state index < -0.39 is 29.1 Å². The minimum atomic E-state index is -2.77. The highest BCUT2D eigenvalue weighted by Crippen LogP contribution is 2.53. The molecule has 2 rings (SSSR count). The Bertz CT molecular complexity index is 381. The minimum Gasteiger partial charge on any atom is -0.444 e. The van der Waals surface area contributed by atoms with Crippen LogP contribution in [0, 0.1) is 5.41 Å². The average molecular weight is 276 g/mol. The number of rotatable bonds is 0. The van der Waals surface area contributed by atoms with Gasteiger partial charge in [-0.25, -0.2) is 13.6 Å². The van der Waals surface area contributed by atoms with Gasteiger partial charge in [0.25, 0.3) is 5.92 Å². The first-order valence-corrected chi connectivity index (χ1v) is 6.67. The summed E-state index contributed by atoms with van der Waals surface area (Å²) in [4.78, 5) is 13.3. The van der Waals surface area contributed by atoms with Gasteiger partial charge in [0.05, 0.1) is 12.0 Å². The van der Waals surface area contributed by atoms with Crippen molar-refractivity contribution in [3.63, 3.8) is 0 Å². The Morgan fingerprint density at radius 1 is 1.42 bits per heavy atom. The molecule has 1 N–H and O–H groups in total. The van der Waals surface area contributed by atoms with Crippen molar-refractivity contribution in [3.8, 4) is 0 Å². The second-order valence-electron chi connectivity index (χ2n) is 6.57. The molecular formula is C13H22F2N2O2. The highest BCUT2D eigenvalue weighted by Gasteiger charge is 2.66. The van der Waals surface area contributed by atoms with Gasteiger partial charge in [-0.3, -0.25) is 0 Å².